The highest BCUT2D eigenvalue weighted by atomic mass is 16.5. The van der Waals surface area contributed by atoms with Gasteiger partial charge in [0.15, 0.2) is 6.54 Å². The Bertz CT molecular complexity index is 555. The molecule has 0 N–H and O–H groups in total. The molecule has 0 amide bonds. The quantitative estimate of drug-likeness (QED) is 0.450. The molecule has 2 bridgehead atoms. The minimum Gasteiger partial charge on any atom is -0.462 e. The molecule has 0 aromatic rings. The molecule has 0 spiro atoms. The molecule has 2 aliphatic rings. The van der Waals surface area contributed by atoms with Crippen molar-refractivity contribution in [2.45, 2.75) is 72.8 Å². The first kappa shape index (κ1) is 22.2. The van der Waals surface area contributed by atoms with Crippen LogP contribution in [0.1, 0.15) is 66.7 Å². The fraction of sp³-hybridized carbons (Fsp3) is 0.909. The van der Waals surface area contributed by atoms with Gasteiger partial charge in [-0.2, -0.15) is 0 Å². The van der Waals surface area contributed by atoms with Crippen LogP contribution in [0.2, 0.25) is 0 Å². The Balaban J connectivity index is 1.75. The van der Waals surface area contributed by atoms with Crippen LogP contribution < -0.4 is 0 Å². The molecule has 156 valence electrons. The van der Waals surface area contributed by atoms with E-state index in [1.165, 1.54) is 6.42 Å². The molecule has 2 saturated carbocycles. The lowest BCUT2D eigenvalue weighted by Crippen LogP contribution is -2.46. The number of nitrogens with zero attached hydrogens (tertiary/aromatic N) is 1. The van der Waals surface area contributed by atoms with Gasteiger partial charge in [-0.3, -0.25) is 4.79 Å². The van der Waals surface area contributed by atoms with E-state index < -0.39 is 0 Å². The summed E-state index contributed by atoms with van der Waals surface area (Å²) < 4.78 is 11.6. The maximum Gasteiger partial charge on any atom is 0.361 e. The zero-order chi connectivity index (χ0) is 20.5. The Labute approximate surface area is 165 Å². The molecular formula is C22H40NO4+. The molecule has 0 unspecified atom stereocenters. The van der Waals surface area contributed by atoms with Crippen LogP contribution in [0.25, 0.3) is 0 Å². The lowest BCUT2D eigenvalue weighted by atomic mass is 9.70. The van der Waals surface area contributed by atoms with Gasteiger partial charge in [-0.25, -0.2) is 4.79 Å². The van der Waals surface area contributed by atoms with Crippen molar-refractivity contribution in [3.05, 3.63) is 0 Å². The minimum atomic E-state index is -0.198. The molecule has 2 fully saturated rings. The van der Waals surface area contributed by atoms with Crippen LogP contribution in [0.4, 0.5) is 0 Å². The number of hydrogen-bond acceptors (Lipinski definition) is 4. The second-order valence-corrected chi connectivity index (χ2v) is 10.6. The van der Waals surface area contributed by atoms with Crippen LogP contribution in [0.5, 0.6) is 0 Å². The van der Waals surface area contributed by atoms with Gasteiger partial charge >= 0.3 is 11.9 Å². The lowest BCUT2D eigenvalue weighted by molar-refractivity contribution is -0.882. The Morgan fingerprint density at radius 2 is 1.81 bits per heavy atom. The van der Waals surface area contributed by atoms with E-state index in [0.717, 1.165) is 19.3 Å². The van der Waals surface area contributed by atoms with Crippen LogP contribution >= 0.6 is 0 Å². The summed E-state index contributed by atoms with van der Waals surface area (Å²) in [6, 6.07) is 0. The van der Waals surface area contributed by atoms with Crippen molar-refractivity contribution >= 4 is 11.9 Å². The molecule has 2 rings (SSSR count). The fourth-order valence-corrected chi connectivity index (χ4v) is 4.80. The highest BCUT2D eigenvalue weighted by molar-refractivity contribution is 5.71. The van der Waals surface area contributed by atoms with Crippen LogP contribution in [-0.4, -0.2) is 56.3 Å². The van der Waals surface area contributed by atoms with E-state index in [0.29, 0.717) is 35.9 Å². The van der Waals surface area contributed by atoms with Crippen molar-refractivity contribution in [3.8, 4) is 0 Å². The Kier molecular flexibility index (Phi) is 6.66. The molecule has 2 aliphatic carbocycles. The van der Waals surface area contributed by atoms with E-state index in [9.17, 15) is 9.59 Å². The number of fused-ring (bicyclic) bond motifs is 2. The van der Waals surface area contributed by atoms with Gasteiger partial charge in [-0.15, -0.1) is 0 Å². The van der Waals surface area contributed by atoms with Crippen molar-refractivity contribution in [2.24, 2.45) is 22.7 Å². The number of rotatable bonds is 9. The lowest BCUT2D eigenvalue weighted by Gasteiger charge is -2.38. The molecule has 0 heterocycles. The third kappa shape index (κ3) is 5.04. The third-order valence-corrected chi connectivity index (χ3v) is 7.42. The van der Waals surface area contributed by atoms with Crippen LogP contribution in [0.15, 0.2) is 0 Å². The van der Waals surface area contributed by atoms with Gasteiger partial charge in [-0.1, -0.05) is 34.6 Å². The molecule has 5 heteroatoms. The highest BCUT2D eigenvalue weighted by Gasteiger charge is 2.62. The number of esters is 2. The zero-order valence-corrected chi connectivity index (χ0v) is 18.5. The van der Waals surface area contributed by atoms with E-state index in [1.54, 1.807) is 0 Å². The van der Waals surface area contributed by atoms with E-state index in [1.807, 2.05) is 14.1 Å². The summed E-state index contributed by atoms with van der Waals surface area (Å²) in [4.78, 5) is 24.5. The maximum absolute atomic E-state index is 12.5. The first-order valence-corrected chi connectivity index (χ1v) is 10.5. The predicted molar refractivity (Wildman–Crippen MR) is 106 cm³/mol. The van der Waals surface area contributed by atoms with Crippen molar-refractivity contribution in [3.63, 3.8) is 0 Å². The molecule has 27 heavy (non-hydrogen) atoms. The maximum atomic E-state index is 12.5. The SMILES string of the molecule is CC(C)CCOC(=O)C[N+](C)(C)CCC(=O)O[C@H]1C[C@@H]2CC[C@@]1(C)C2(C)C. The number of carbonyl (C=O) groups excluding carboxylic acids is 2. The van der Waals surface area contributed by atoms with Crippen molar-refractivity contribution in [1.29, 1.82) is 0 Å². The highest BCUT2D eigenvalue weighted by Crippen LogP contribution is 2.66. The van der Waals surface area contributed by atoms with Gasteiger partial charge in [0, 0.05) is 5.41 Å². The standard InChI is InChI=1S/C22H40NO4/c1-16(2)10-13-26-20(25)15-23(6,7)12-9-19(24)27-18-14-17-8-11-22(18,5)21(17,3)4/h16-18H,8-15H2,1-7H3/q+1/t17-,18-,22+/m0/s1. The molecule has 0 aromatic carbocycles. The molecule has 3 atom stereocenters. The summed E-state index contributed by atoms with van der Waals surface area (Å²) in [7, 11) is 3.91. The molecule has 0 saturated heterocycles. The first-order chi connectivity index (χ1) is 12.4. The zero-order valence-electron chi connectivity index (χ0n) is 18.5. The summed E-state index contributed by atoms with van der Waals surface area (Å²) in [5.41, 5.74) is 0.338. The van der Waals surface area contributed by atoms with Gasteiger partial charge in [-0.05, 0) is 42.9 Å². The second kappa shape index (κ2) is 8.10. The van der Waals surface area contributed by atoms with Gasteiger partial charge in [0.1, 0.15) is 6.10 Å². The summed E-state index contributed by atoms with van der Waals surface area (Å²) in [5, 5.41) is 0. The number of quaternary nitrogens is 1. The topological polar surface area (TPSA) is 52.6 Å². The second-order valence-electron chi connectivity index (χ2n) is 10.6. The van der Waals surface area contributed by atoms with Gasteiger partial charge < -0.3 is 14.0 Å². The summed E-state index contributed by atoms with van der Waals surface area (Å²) in [6.07, 6.45) is 4.64. The third-order valence-electron chi connectivity index (χ3n) is 7.42. The first-order valence-electron chi connectivity index (χ1n) is 10.5. The molecule has 0 aliphatic heterocycles. The summed E-state index contributed by atoms with van der Waals surface area (Å²) in [5.74, 6) is 0.848. The van der Waals surface area contributed by atoms with Crippen LogP contribution in [0, 0.1) is 22.7 Å². The average Bonchev–Trinajstić information content (AvgIpc) is 2.85. The Morgan fingerprint density at radius 1 is 1.15 bits per heavy atom. The monoisotopic (exact) mass is 382 g/mol. The van der Waals surface area contributed by atoms with Gasteiger partial charge in [0.2, 0.25) is 0 Å². The molecule has 0 radical (unpaired) electrons. The Hall–Kier alpha value is -1.10. The van der Waals surface area contributed by atoms with E-state index in [2.05, 4.69) is 34.6 Å². The van der Waals surface area contributed by atoms with Gasteiger partial charge in [0.25, 0.3) is 0 Å². The van der Waals surface area contributed by atoms with Crippen molar-refractivity contribution in [2.75, 3.05) is 33.8 Å². The van der Waals surface area contributed by atoms with Crippen molar-refractivity contribution in [1.82, 2.24) is 0 Å². The summed E-state index contributed by atoms with van der Waals surface area (Å²) in [6.45, 7) is 12.5. The molecule has 5 nitrogen and oxygen atoms in total. The largest absolute Gasteiger partial charge is 0.462 e. The number of likely N-dealkylation sites (N-methyl/N-ethyl adjacent to an activating group) is 1. The normalized spacial score (nSPS) is 29.2. The average molecular weight is 383 g/mol. The molecular weight excluding hydrogens is 342 g/mol. The fourth-order valence-electron chi connectivity index (χ4n) is 4.80. The number of ether oxygens (including phenoxy) is 2. The van der Waals surface area contributed by atoms with Crippen molar-refractivity contribution < 1.29 is 23.5 Å². The molecule has 0 aromatic heterocycles. The van der Waals surface area contributed by atoms with Crippen LogP contribution in [0.3, 0.4) is 0 Å². The predicted octanol–water partition coefficient (Wildman–Crippen LogP) is 3.80. The smallest absolute Gasteiger partial charge is 0.361 e. The van der Waals surface area contributed by atoms with Crippen LogP contribution in [-0.2, 0) is 19.1 Å². The minimum absolute atomic E-state index is 0.0374. The van der Waals surface area contributed by atoms with E-state index in [-0.39, 0.29) is 35.4 Å². The van der Waals surface area contributed by atoms with E-state index >= 15 is 0 Å². The Morgan fingerprint density at radius 3 is 2.33 bits per heavy atom. The summed E-state index contributed by atoms with van der Waals surface area (Å²) >= 11 is 0. The number of hydrogen-bond donors (Lipinski definition) is 0. The van der Waals surface area contributed by atoms with E-state index in [4.69, 9.17) is 9.47 Å². The number of carbonyl (C=O) groups is 2. The van der Waals surface area contributed by atoms with Gasteiger partial charge in [0.05, 0.1) is 33.7 Å².